The molecular weight excluding hydrogens is 264 g/mol. The monoisotopic (exact) mass is 284 g/mol. The third-order valence-electron chi connectivity index (χ3n) is 3.89. The summed E-state index contributed by atoms with van der Waals surface area (Å²) in [5.74, 6) is 1.35. The summed E-state index contributed by atoms with van der Waals surface area (Å²) in [5, 5.41) is 0. The molecule has 3 rings (SSSR count). The minimum Gasteiger partial charge on any atom is -0.486 e. The molecule has 1 saturated carbocycles. The second kappa shape index (κ2) is 6.18. The van der Waals surface area contributed by atoms with Crippen LogP contribution in [0.3, 0.4) is 0 Å². The van der Waals surface area contributed by atoms with E-state index in [4.69, 9.17) is 4.74 Å². The van der Waals surface area contributed by atoms with Crippen LogP contribution in [0.1, 0.15) is 19.3 Å². The molecule has 21 heavy (non-hydrogen) atoms. The maximum absolute atomic E-state index is 6.05. The van der Waals surface area contributed by atoms with Gasteiger partial charge in [-0.3, -0.25) is 4.98 Å². The van der Waals surface area contributed by atoms with Crippen molar-refractivity contribution in [2.75, 3.05) is 14.1 Å². The predicted molar refractivity (Wildman–Crippen MR) is 81.0 cm³/mol. The van der Waals surface area contributed by atoms with E-state index >= 15 is 0 Å². The maximum Gasteiger partial charge on any atom is 0.178 e. The molecule has 0 bridgehead atoms. The summed E-state index contributed by atoms with van der Waals surface area (Å²) >= 11 is 0. The fourth-order valence-electron chi connectivity index (χ4n) is 2.81. The zero-order valence-electron chi connectivity index (χ0n) is 12.4. The van der Waals surface area contributed by atoms with E-state index in [1.165, 1.54) is 12.8 Å². The Hall–Kier alpha value is -2.01. The normalized spacial score (nSPS) is 21.7. The zero-order chi connectivity index (χ0) is 14.7. The van der Waals surface area contributed by atoms with Crippen molar-refractivity contribution < 1.29 is 4.74 Å². The highest BCUT2D eigenvalue weighted by Gasteiger charge is 2.30. The van der Waals surface area contributed by atoms with Gasteiger partial charge in [-0.1, -0.05) is 6.07 Å². The molecule has 0 aliphatic heterocycles. The highest BCUT2D eigenvalue weighted by Crippen LogP contribution is 2.27. The van der Waals surface area contributed by atoms with E-state index in [0.717, 1.165) is 17.9 Å². The third-order valence-corrected chi connectivity index (χ3v) is 3.89. The molecule has 2 aromatic heterocycles. The number of nitrogens with zero attached hydrogens (tertiary/aromatic N) is 4. The second-order valence-electron chi connectivity index (χ2n) is 5.58. The quantitative estimate of drug-likeness (QED) is 0.863. The lowest BCUT2D eigenvalue weighted by atomic mass is 10.2. The molecule has 2 heterocycles. The second-order valence-corrected chi connectivity index (χ2v) is 5.58. The van der Waals surface area contributed by atoms with Crippen molar-refractivity contribution in [3.63, 3.8) is 0 Å². The highest BCUT2D eigenvalue weighted by molar-refractivity contribution is 5.48. The van der Waals surface area contributed by atoms with Crippen molar-refractivity contribution in [1.29, 1.82) is 0 Å². The van der Waals surface area contributed by atoms with Crippen molar-refractivity contribution in [3.05, 3.63) is 36.8 Å². The molecule has 0 saturated heterocycles. The molecule has 2 atom stereocenters. The average molecular weight is 284 g/mol. The largest absolute Gasteiger partial charge is 0.486 e. The molecule has 1 unspecified atom stereocenters. The molecule has 0 amide bonds. The number of aromatic nitrogens is 3. The Morgan fingerprint density at radius 1 is 1.10 bits per heavy atom. The van der Waals surface area contributed by atoms with Gasteiger partial charge < -0.3 is 9.64 Å². The van der Waals surface area contributed by atoms with Gasteiger partial charge in [-0.2, -0.15) is 0 Å². The lowest BCUT2D eigenvalue weighted by Crippen LogP contribution is -2.38. The molecule has 5 nitrogen and oxygen atoms in total. The Balaban J connectivity index is 1.70. The smallest absolute Gasteiger partial charge is 0.178 e. The first kappa shape index (κ1) is 13.9. The molecule has 5 heteroatoms. The fraction of sp³-hybridized carbons (Fsp3) is 0.438. The number of likely N-dealkylation sites (N-methyl/N-ethyl adjacent to an activating group) is 1. The van der Waals surface area contributed by atoms with Crippen LogP contribution in [0.15, 0.2) is 36.8 Å². The van der Waals surface area contributed by atoms with E-state index < -0.39 is 0 Å². The molecule has 110 valence electrons. The summed E-state index contributed by atoms with van der Waals surface area (Å²) in [5.41, 5.74) is 0.774. The van der Waals surface area contributed by atoms with Crippen molar-refractivity contribution in [2.24, 2.45) is 0 Å². The molecular formula is C16H20N4O. The molecule has 1 fully saturated rings. The predicted octanol–water partition coefficient (Wildman–Crippen LogP) is 2.40. The summed E-state index contributed by atoms with van der Waals surface area (Å²) in [6.07, 6.45) is 8.92. The van der Waals surface area contributed by atoms with Crippen LogP contribution in [0.2, 0.25) is 0 Å². The van der Waals surface area contributed by atoms with Gasteiger partial charge in [0.25, 0.3) is 0 Å². The van der Waals surface area contributed by atoms with Crippen LogP contribution in [0.5, 0.6) is 5.75 Å². The lowest BCUT2D eigenvalue weighted by Gasteiger charge is -2.26. The lowest BCUT2D eigenvalue weighted by molar-refractivity contribution is 0.120. The van der Waals surface area contributed by atoms with E-state index in [1.807, 2.05) is 18.2 Å². The Labute approximate surface area is 125 Å². The number of rotatable bonds is 4. The summed E-state index contributed by atoms with van der Waals surface area (Å²) in [6.45, 7) is 0. The van der Waals surface area contributed by atoms with Crippen LogP contribution in [-0.4, -0.2) is 46.1 Å². The molecule has 0 radical (unpaired) electrons. The molecule has 2 aromatic rings. The minimum absolute atomic E-state index is 0.226. The first-order valence-corrected chi connectivity index (χ1v) is 7.30. The van der Waals surface area contributed by atoms with Gasteiger partial charge in [0.15, 0.2) is 11.6 Å². The fourth-order valence-corrected chi connectivity index (χ4v) is 2.81. The SMILES string of the molecule is CN(C)C1CCC[C@H]1Oc1cnc(-c2ccccn2)nc1. The van der Waals surface area contributed by atoms with E-state index in [-0.39, 0.29) is 6.10 Å². The summed E-state index contributed by atoms with van der Waals surface area (Å²) in [7, 11) is 4.21. The number of hydrogen-bond acceptors (Lipinski definition) is 5. The number of hydrogen-bond donors (Lipinski definition) is 0. The van der Waals surface area contributed by atoms with Gasteiger partial charge in [-0.05, 0) is 45.5 Å². The summed E-state index contributed by atoms with van der Waals surface area (Å²) in [4.78, 5) is 15.2. The minimum atomic E-state index is 0.226. The standard InChI is InChI=1S/C16H20N4O/c1-20(2)14-7-5-8-15(14)21-12-10-18-16(19-11-12)13-6-3-4-9-17-13/h3-4,6,9-11,14-15H,5,7-8H2,1-2H3/t14?,15-/m1/s1. The van der Waals surface area contributed by atoms with Crippen LogP contribution in [0, 0.1) is 0 Å². The van der Waals surface area contributed by atoms with Crippen LogP contribution in [-0.2, 0) is 0 Å². The van der Waals surface area contributed by atoms with Gasteiger partial charge in [-0.15, -0.1) is 0 Å². The zero-order valence-corrected chi connectivity index (χ0v) is 12.4. The summed E-state index contributed by atoms with van der Waals surface area (Å²) < 4.78 is 6.05. The molecule has 1 aliphatic carbocycles. The van der Waals surface area contributed by atoms with E-state index in [9.17, 15) is 0 Å². The van der Waals surface area contributed by atoms with E-state index in [0.29, 0.717) is 11.9 Å². The highest BCUT2D eigenvalue weighted by atomic mass is 16.5. The van der Waals surface area contributed by atoms with Crippen LogP contribution >= 0.6 is 0 Å². The average Bonchev–Trinajstić information content (AvgIpc) is 2.97. The number of pyridine rings is 1. The maximum atomic E-state index is 6.05. The Kier molecular flexibility index (Phi) is 4.10. The van der Waals surface area contributed by atoms with E-state index in [2.05, 4.69) is 33.9 Å². The first-order chi connectivity index (χ1) is 10.2. The van der Waals surface area contributed by atoms with Gasteiger partial charge in [0.05, 0.1) is 12.4 Å². The topological polar surface area (TPSA) is 51.1 Å². The van der Waals surface area contributed by atoms with Gasteiger partial charge in [0.1, 0.15) is 11.8 Å². The van der Waals surface area contributed by atoms with Crippen molar-refractivity contribution in [1.82, 2.24) is 19.9 Å². The van der Waals surface area contributed by atoms with Gasteiger partial charge in [0.2, 0.25) is 0 Å². The van der Waals surface area contributed by atoms with Gasteiger partial charge in [-0.25, -0.2) is 9.97 Å². The van der Waals surface area contributed by atoms with E-state index in [1.54, 1.807) is 18.6 Å². The van der Waals surface area contributed by atoms with Crippen molar-refractivity contribution >= 4 is 0 Å². The van der Waals surface area contributed by atoms with Crippen LogP contribution in [0.25, 0.3) is 11.5 Å². The Bertz CT molecular complexity index is 571. The van der Waals surface area contributed by atoms with Crippen LogP contribution in [0.4, 0.5) is 0 Å². The van der Waals surface area contributed by atoms with Gasteiger partial charge >= 0.3 is 0 Å². The molecule has 0 N–H and O–H groups in total. The van der Waals surface area contributed by atoms with Gasteiger partial charge in [0, 0.05) is 12.2 Å². The van der Waals surface area contributed by atoms with Crippen molar-refractivity contribution in [2.45, 2.75) is 31.4 Å². The molecule has 0 spiro atoms. The first-order valence-electron chi connectivity index (χ1n) is 7.30. The number of ether oxygens (including phenoxy) is 1. The Morgan fingerprint density at radius 3 is 2.57 bits per heavy atom. The third kappa shape index (κ3) is 3.19. The Morgan fingerprint density at radius 2 is 1.90 bits per heavy atom. The molecule has 0 aromatic carbocycles. The molecule has 1 aliphatic rings. The summed E-state index contributed by atoms with van der Waals surface area (Å²) in [6, 6.07) is 6.17. The van der Waals surface area contributed by atoms with Crippen LogP contribution < -0.4 is 4.74 Å². The van der Waals surface area contributed by atoms with Crippen molar-refractivity contribution in [3.8, 4) is 17.3 Å².